The fourth-order valence-corrected chi connectivity index (χ4v) is 4.92. The van der Waals surface area contributed by atoms with E-state index in [9.17, 15) is 9.59 Å². The molecule has 138 valence electrons. The fraction of sp³-hybridized carbons (Fsp3) is 0.200. The highest BCUT2D eigenvalue weighted by Crippen LogP contribution is 2.37. The number of para-hydroxylation sites is 1. The smallest absolute Gasteiger partial charge is 0.267 e. The maximum Gasteiger partial charge on any atom is 0.267 e. The first-order valence-corrected chi connectivity index (χ1v) is 10.2. The Bertz CT molecular complexity index is 1040. The monoisotopic (exact) mass is 418 g/mol. The van der Waals surface area contributed by atoms with Crippen LogP contribution in [0.3, 0.4) is 0 Å². The minimum atomic E-state index is -0.334. The number of amides is 2. The number of hydrogen-bond donors (Lipinski definition) is 1. The normalized spacial score (nSPS) is 13.9. The van der Waals surface area contributed by atoms with Crippen LogP contribution in [-0.4, -0.2) is 29.8 Å². The summed E-state index contributed by atoms with van der Waals surface area (Å²) in [5.41, 5.74) is 0.985. The van der Waals surface area contributed by atoms with Gasteiger partial charge in [-0.2, -0.15) is 0 Å². The zero-order valence-corrected chi connectivity index (χ0v) is 16.6. The lowest BCUT2D eigenvalue weighted by atomic mass is 10.1. The minimum absolute atomic E-state index is 0.0578. The lowest BCUT2D eigenvalue weighted by Crippen LogP contribution is -2.28. The molecule has 0 aliphatic carbocycles. The third kappa shape index (κ3) is 3.55. The van der Waals surface area contributed by atoms with Gasteiger partial charge in [0, 0.05) is 28.2 Å². The van der Waals surface area contributed by atoms with Gasteiger partial charge in [-0.15, -0.1) is 11.3 Å². The van der Waals surface area contributed by atoms with Gasteiger partial charge in [-0.25, -0.2) is 0 Å². The second-order valence-corrected chi connectivity index (χ2v) is 8.25. The third-order valence-corrected chi connectivity index (χ3v) is 6.49. The summed E-state index contributed by atoms with van der Waals surface area (Å²) in [6, 6.07) is 12.4. The van der Waals surface area contributed by atoms with Crippen molar-refractivity contribution in [3.05, 3.63) is 63.0 Å². The van der Waals surface area contributed by atoms with E-state index in [1.807, 2.05) is 4.90 Å². The average molecular weight is 419 g/mol. The summed E-state index contributed by atoms with van der Waals surface area (Å²) in [6.07, 6.45) is 2.03. The van der Waals surface area contributed by atoms with Crippen LogP contribution < -0.4 is 5.32 Å². The van der Waals surface area contributed by atoms with Crippen LogP contribution in [0.2, 0.25) is 10.0 Å². The molecule has 4 nitrogen and oxygen atoms in total. The van der Waals surface area contributed by atoms with Gasteiger partial charge in [0.1, 0.15) is 4.88 Å². The summed E-state index contributed by atoms with van der Waals surface area (Å²) < 4.78 is 0.846. The molecule has 2 heterocycles. The minimum Gasteiger partial charge on any atom is -0.339 e. The van der Waals surface area contributed by atoms with Gasteiger partial charge in [0.2, 0.25) is 0 Å². The largest absolute Gasteiger partial charge is 0.339 e. The first kappa shape index (κ1) is 18.3. The number of hydrogen-bond acceptors (Lipinski definition) is 3. The van der Waals surface area contributed by atoms with Crippen LogP contribution in [0.5, 0.6) is 0 Å². The number of likely N-dealkylation sites (tertiary alicyclic amines) is 1. The summed E-state index contributed by atoms with van der Waals surface area (Å²) in [5, 5.41) is 4.63. The molecule has 0 saturated carbocycles. The number of thiophene rings is 1. The number of carbonyl (C=O) groups is 2. The first-order valence-electron chi connectivity index (χ1n) is 8.62. The van der Waals surface area contributed by atoms with Crippen molar-refractivity contribution < 1.29 is 9.59 Å². The molecular weight excluding hydrogens is 403 g/mol. The Morgan fingerprint density at radius 3 is 2.56 bits per heavy atom. The van der Waals surface area contributed by atoms with E-state index < -0.39 is 0 Å². The predicted molar refractivity (Wildman–Crippen MR) is 111 cm³/mol. The Morgan fingerprint density at radius 2 is 1.78 bits per heavy atom. The van der Waals surface area contributed by atoms with Crippen molar-refractivity contribution >= 4 is 62.1 Å². The molecule has 1 aromatic heterocycles. The highest BCUT2D eigenvalue weighted by Gasteiger charge is 2.23. The number of nitrogens with one attached hydrogen (secondary N) is 1. The van der Waals surface area contributed by atoms with Crippen molar-refractivity contribution in [1.82, 2.24) is 4.90 Å². The molecule has 0 radical (unpaired) electrons. The van der Waals surface area contributed by atoms with Gasteiger partial charge in [0.25, 0.3) is 11.8 Å². The van der Waals surface area contributed by atoms with E-state index in [1.54, 1.807) is 42.5 Å². The number of fused-ring (bicyclic) bond motifs is 1. The molecule has 2 aromatic carbocycles. The van der Waals surface area contributed by atoms with Crippen LogP contribution in [0.4, 0.5) is 5.69 Å². The van der Waals surface area contributed by atoms with Crippen LogP contribution in [0.1, 0.15) is 32.9 Å². The Balaban J connectivity index is 1.64. The van der Waals surface area contributed by atoms with Crippen molar-refractivity contribution in [1.29, 1.82) is 0 Å². The van der Waals surface area contributed by atoms with E-state index in [4.69, 9.17) is 23.2 Å². The molecule has 0 bridgehead atoms. The second-order valence-electron chi connectivity index (χ2n) is 6.38. The Hall–Kier alpha value is -2.08. The third-order valence-electron chi connectivity index (χ3n) is 4.60. The molecule has 4 rings (SSSR count). The maximum absolute atomic E-state index is 12.8. The molecule has 1 fully saturated rings. The van der Waals surface area contributed by atoms with E-state index in [1.165, 1.54) is 11.3 Å². The van der Waals surface area contributed by atoms with Crippen molar-refractivity contribution in [2.45, 2.75) is 12.8 Å². The average Bonchev–Trinajstić information content (AvgIpc) is 3.30. The Labute approximate surface area is 170 Å². The highest BCUT2D eigenvalue weighted by molar-refractivity contribution is 7.21. The molecule has 27 heavy (non-hydrogen) atoms. The molecule has 1 saturated heterocycles. The number of halogens is 2. The Kier molecular flexibility index (Phi) is 5.08. The molecule has 1 N–H and O–H groups in total. The summed E-state index contributed by atoms with van der Waals surface area (Å²) >= 11 is 13.7. The molecule has 7 heteroatoms. The number of anilines is 1. The van der Waals surface area contributed by atoms with Gasteiger partial charge >= 0.3 is 0 Å². The fourth-order valence-electron chi connectivity index (χ4n) is 3.23. The second kappa shape index (κ2) is 7.50. The molecular formula is C20H16Cl2N2O2S. The van der Waals surface area contributed by atoms with Gasteiger partial charge in [0.15, 0.2) is 0 Å². The van der Waals surface area contributed by atoms with Gasteiger partial charge in [-0.1, -0.05) is 41.4 Å². The van der Waals surface area contributed by atoms with Crippen LogP contribution in [-0.2, 0) is 0 Å². The molecule has 0 spiro atoms. The number of benzene rings is 2. The van der Waals surface area contributed by atoms with Crippen LogP contribution in [0.25, 0.3) is 10.1 Å². The zero-order valence-electron chi connectivity index (χ0n) is 14.3. The molecule has 1 aliphatic heterocycles. The van der Waals surface area contributed by atoms with Crippen molar-refractivity contribution in [3.8, 4) is 0 Å². The van der Waals surface area contributed by atoms with Gasteiger partial charge in [0.05, 0.1) is 16.3 Å². The lowest BCUT2D eigenvalue weighted by Gasteiger charge is -2.17. The number of carbonyl (C=O) groups excluding carboxylic acids is 2. The van der Waals surface area contributed by atoms with Crippen LogP contribution in [0, 0.1) is 0 Å². The topological polar surface area (TPSA) is 49.4 Å². The van der Waals surface area contributed by atoms with Crippen molar-refractivity contribution in [2.75, 3.05) is 18.4 Å². The number of rotatable bonds is 3. The summed E-state index contributed by atoms with van der Waals surface area (Å²) in [5.74, 6) is -0.392. The first-order chi connectivity index (χ1) is 13.0. The van der Waals surface area contributed by atoms with Crippen molar-refractivity contribution in [2.24, 2.45) is 0 Å². The predicted octanol–water partition coefficient (Wildman–Crippen LogP) is 5.70. The lowest BCUT2D eigenvalue weighted by molar-refractivity contribution is 0.0794. The summed E-state index contributed by atoms with van der Waals surface area (Å²) in [7, 11) is 0. The molecule has 1 aliphatic rings. The number of nitrogens with zero attached hydrogens (tertiary/aromatic N) is 1. The molecule has 0 unspecified atom stereocenters. The van der Waals surface area contributed by atoms with E-state index in [2.05, 4.69) is 5.32 Å². The molecule has 2 amide bonds. The van der Waals surface area contributed by atoms with E-state index in [0.717, 1.165) is 36.0 Å². The summed E-state index contributed by atoms with van der Waals surface area (Å²) in [4.78, 5) is 27.8. The standard InChI is InChI=1S/C20H16Cl2N2O2S/c21-12-7-8-14-16(11-12)27-18(17(14)22)19(25)23-15-6-2-1-5-13(15)20(26)24-9-3-4-10-24/h1-2,5-8,11H,3-4,9-10H2,(H,23,25). The maximum atomic E-state index is 12.8. The molecule has 0 atom stereocenters. The van der Waals surface area contributed by atoms with Gasteiger partial charge in [-0.3, -0.25) is 9.59 Å². The zero-order chi connectivity index (χ0) is 19.0. The quantitative estimate of drug-likeness (QED) is 0.593. The van der Waals surface area contributed by atoms with Crippen LogP contribution >= 0.6 is 34.5 Å². The van der Waals surface area contributed by atoms with Crippen molar-refractivity contribution in [3.63, 3.8) is 0 Å². The van der Waals surface area contributed by atoms with Gasteiger partial charge in [-0.05, 0) is 37.1 Å². The van der Waals surface area contributed by atoms with Gasteiger partial charge < -0.3 is 10.2 Å². The van der Waals surface area contributed by atoms with Crippen LogP contribution in [0.15, 0.2) is 42.5 Å². The summed E-state index contributed by atoms with van der Waals surface area (Å²) in [6.45, 7) is 1.51. The van der Waals surface area contributed by atoms with E-state index in [-0.39, 0.29) is 11.8 Å². The SMILES string of the molecule is O=C(Nc1ccccc1C(=O)N1CCCC1)c1sc2cc(Cl)ccc2c1Cl. The molecule has 3 aromatic rings. The Morgan fingerprint density at radius 1 is 1.04 bits per heavy atom. The highest BCUT2D eigenvalue weighted by atomic mass is 35.5. The van der Waals surface area contributed by atoms with E-state index in [0.29, 0.717) is 26.2 Å². The van der Waals surface area contributed by atoms with E-state index >= 15 is 0 Å².